The van der Waals surface area contributed by atoms with Crippen LogP contribution >= 0.6 is 0 Å². The van der Waals surface area contributed by atoms with Crippen molar-refractivity contribution in [3.05, 3.63) is 71.6 Å². The van der Waals surface area contributed by atoms with Crippen molar-refractivity contribution in [2.75, 3.05) is 13.1 Å². The summed E-state index contributed by atoms with van der Waals surface area (Å²) in [5, 5.41) is 8.94. The molecular weight excluding hydrogens is 344 g/mol. The van der Waals surface area contributed by atoms with Gasteiger partial charge in [0.05, 0.1) is 12.2 Å². The SMILES string of the molecule is O=C(O)CN1CCc2oc(-c3ccc(OCc4ccccc4)cc3)nc2C1. The topological polar surface area (TPSA) is 75.8 Å². The number of ether oxygens (including phenoxy) is 1. The third-order valence-corrected chi connectivity index (χ3v) is 4.52. The summed E-state index contributed by atoms with van der Waals surface area (Å²) >= 11 is 0. The van der Waals surface area contributed by atoms with Gasteiger partial charge in [-0.3, -0.25) is 9.69 Å². The first-order chi connectivity index (χ1) is 13.2. The van der Waals surface area contributed by atoms with E-state index in [1.807, 2.05) is 59.5 Å². The van der Waals surface area contributed by atoms with Crippen molar-refractivity contribution < 1.29 is 19.1 Å². The van der Waals surface area contributed by atoms with Gasteiger partial charge in [0, 0.05) is 25.1 Å². The summed E-state index contributed by atoms with van der Waals surface area (Å²) in [5.74, 6) is 1.36. The smallest absolute Gasteiger partial charge is 0.317 e. The zero-order valence-corrected chi connectivity index (χ0v) is 14.8. The molecule has 0 atom stereocenters. The number of fused-ring (bicyclic) bond motifs is 1. The van der Waals surface area contributed by atoms with Crippen molar-refractivity contribution in [3.8, 4) is 17.2 Å². The minimum absolute atomic E-state index is 0.0229. The van der Waals surface area contributed by atoms with Gasteiger partial charge in [-0.2, -0.15) is 0 Å². The second kappa shape index (κ2) is 7.63. The Hall–Kier alpha value is -3.12. The molecule has 0 bridgehead atoms. The third-order valence-electron chi connectivity index (χ3n) is 4.52. The Morgan fingerprint density at radius 2 is 1.93 bits per heavy atom. The molecule has 0 unspecified atom stereocenters. The number of hydrogen-bond donors (Lipinski definition) is 1. The summed E-state index contributed by atoms with van der Waals surface area (Å²) in [6, 6.07) is 17.7. The molecule has 6 heteroatoms. The molecule has 2 heterocycles. The first-order valence-corrected chi connectivity index (χ1v) is 8.87. The van der Waals surface area contributed by atoms with Crippen LogP contribution in [0.1, 0.15) is 17.0 Å². The molecule has 1 N–H and O–H groups in total. The van der Waals surface area contributed by atoms with E-state index in [1.54, 1.807) is 0 Å². The Bertz CT molecular complexity index is 919. The second-order valence-electron chi connectivity index (χ2n) is 6.54. The minimum Gasteiger partial charge on any atom is -0.489 e. The van der Waals surface area contributed by atoms with Crippen LogP contribution in [0.2, 0.25) is 0 Å². The quantitative estimate of drug-likeness (QED) is 0.723. The van der Waals surface area contributed by atoms with E-state index in [0.717, 1.165) is 28.3 Å². The highest BCUT2D eigenvalue weighted by atomic mass is 16.5. The van der Waals surface area contributed by atoms with Gasteiger partial charge in [0.15, 0.2) is 0 Å². The Labute approximate surface area is 157 Å². The lowest BCUT2D eigenvalue weighted by molar-refractivity contribution is -0.138. The van der Waals surface area contributed by atoms with Crippen molar-refractivity contribution in [2.45, 2.75) is 19.6 Å². The molecule has 1 aliphatic heterocycles. The van der Waals surface area contributed by atoms with Crippen LogP contribution in [0.5, 0.6) is 5.75 Å². The molecule has 3 aromatic rings. The van der Waals surface area contributed by atoms with Gasteiger partial charge in [-0.15, -0.1) is 0 Å². The second-order valence-corrected chi connectivity index (χ2v) is 6.54. The molecule has 0 amide bonds. The van der Waals surface area contributed by atoms with E-state index in [-0.39, 0.29) is 6.54 Å². The van der Waals surface area contributed by atoms with Crippen molar-refractivity contribution >= 4 is 5.97 Å². The summed E-state index contributed by atoms with van der Waals surface area (Å²) in [4.78, 5) is 17.3. The molecule has 1 aliphatic rings. The van der Waals surface area contributed by atoms with Gasteiger partial charge in [0.1, 0.15) is 18.1 Å². The van der Waals surface area contributed by atoms with Crippen LogP contribution in [-0.4, -0.2) is 34.0 Å². The molecular formula is C21H20N2O4. The Kier molecular flexibility index (Phi) is 4.89. The maximum atomic E-state index is 10.9. The van der Waals surface area contributed by atoms with Crippen LogP contribution in [0.15, 0.2) is 59.0 Å². The molecule has 4 rings (SSSR count). The van der Waals surface area contributed by atoms with Gasteiger partial charge < -0.3 is 14.3 Å². The number of nitrogens with zero attached hydrogens (tertiary/aromatic N) is 2. The predicted octanol–water partition coefficient (Wildman–Crippen LogP) is 3.36. The lowest BCUT2D eigenvalue weighted by Crippen LogP contribution is -2.34. The molecule has 0 fully saturated rings. The van der Waals surface area contributed by atoms with Gasteiger partial charge in [0.2, 0.25) is 5.89 Å². The minimum atomic E-state index is -0.826. The number of aliphatic carboxylic acids is 1. The van der Waals surface area contributed by atoms with Gasteiger partial charge in [-0.1, -0.05) is 30.3 Å². The molecule has 0 saturated carbocycles. The van der Waals surface area contributed by atoms with E-state index >= 15 is 0 Å². The molecule has 0 saturated heterocycles. The van der Waals surface area contributed by atoms with Crippen LogP contribution in [0.3, 0.4) is 0 Å². The maximum Gasteiger partial charge on any atom is 0.317 e. The van der Waals surface area contributed by atoms with E-state index in [2.05, 4.69) is 4.98 Å². The lowest BCUT2D eigenvalue weighted by atomic mass is 10.1. The van der Waals surface area contributed by atoms with Gasteiger partial charge in [0.25, 0.3) is 0 Å². The average Bonchev–Trinajstić information content (AvgIpc) is 3.10. The number of aromatic nitrogens is 1. The fourth-order valence-corrected chi connectivity index (χ4v) is 3.14. The summed E-state index contributed by atoms with van der Waals surface area (Å²) < 4.78 is 11.7. The number of benzene rings is 2. The van der Waals surface area contributed by atoms with Crippen LogP contribution in [0, 0.1) is 0 Å². The molecule has 1 aromatic heterocycles. The largest absolute Gasteiger partial charge is 0.489 e. The first-order valence-electron chi connectivity index (χ1n) is 8.87. The van der Waals surface area contributed by atoms with Crippen LogP contribution in [0.25, 0.3) is 11.5 Å². The highest BCUT2D eigenvalue weighted by Gasteiger charge is 2.23. The Balaban J connectivity index is 1.42. The fraction of sp³-hybridized carbons (Fsp3) is 0.238. The molecule has 0 aliphatic carbocycles. The van der Waals surface area contributed by atoms with Crippen LogP contribution < -0.4 is 4.74 Å². The van der Waals surface area contributed by atoms with E-state index < -0.39 is 5.97 Å². The molecule has 138 valence electrons. The zero-order valence-electron chi connectivity index (χ0n) is 14.8. The standard InChI is InChI=1S/C21H20N2O4/c24-20(25)13-23-11-10-19-18(12-23)22-21(27-19)16-6-8-17(9-7-16)26-14-15-4-2-1-3-5-15/h1-9H,10-14H2,(H,24,25). The van der Waals surface area contributed by atoms with Gasteiger partial charge >= 0.3 is 5.97 Å². The van der Waals surface area contributed by atoms with E-state index in [0.29, 0.717) is 32.0 Å². The van der Waals surface area contributed by atoms with Crippen molar-refractivity contribution in [3.63, 3.8) is 0 Å². The highest BCUT2D eigenvalue weighted by Crippen LogP contribution is 2.27. The molecule has 0 radical (unpaired) electrons. The van der Waals surface area contributed by atoms with Crippen LogP contribution in [0.4, 0.5) is 0 Å². The number of hydrogen-bond acceptors (Lipinski definition) is 5. The number of rotatable bonds is 6. The Morgan fingerprint density at radius 3 is 2.67 bits per heavy atom. The highest BCUT2D eigenvalue weighted by molar-refractivity contribution is 5.69. The van der Waals surface area contributed by atoms with Crippen LogP contribution in [-0.2, 0) is 24.4 Å². The maximum absolute atomic E-state index is 10.9. The number of oxazole rings is 1. The summed E-state index contributed by atoms with van der Waals surface area (Å²) in [6.07, 6.45) is 0.674. The van der Waals surface area contributed by atoms with Crippen molar-refractivity contribution in [2.24, 2.45) is 0 Å². The van der Waals surface area contributed by atoms with Crippen molar-refractivity contribution in [1.82, 2.24) is 9.88 Å². The molecule has 6 nitrogen and oxygen atoms in total. The fourth-order valence-electron chi connectivity index (χ4n) is 3.14. The number of carboxylic acid groups (broad SMARTS) is 1. The van der Waals surface area contributed by atoms with E-state index in [4.69, 9.17) is 14.3 Å². The summed E-state index contributed by atoms with van der Waals surface area (Å²) in [7, 11) is 0. The normalized spacial score (nSPS) is 13.9. The van der Waals surface area contributed by atoms with Gasteiger partial charge in [-0.05, 0) is 29.8 Å². The summed E-state index contributed by atoms with van der Waals surface area (Å²) in [5.41, 5.74) is 2.82. The average molecular weight is 364 g/mol. The molecule has 2 aromatic carbocycles. The van der Waals surface area contributed by atoms with E-state index in [9.17, 15) is 4.79 Å². The molecule has 27 heavy (non-hydrogen) atoms. The third kappa shape index (κ3) is 4.17. The lowest BCUT2D eigenvalue weighted by Gasteiger charge is -2.22. The first kappa shape index (κ1) is 17.3. The summed E-state index contributed by atoms with van der Waals surface area (Å²) in [6.45, 7) is 1.71. The predicted molar refractivity (Wildman–Crippen MR) is 99.3 cm³/mol. The van der Waals surface area contributed by atoms with Crippen molar-refractivity contribution in [1.29, 1.82) is 0 Å². The number of carboxylic acids is 1. The number of carbonyl (C=O) groups is 1. The monoisotopic (exact) mass is 364 g/mol. The zero-order chi connectivity index (χ0) is 18.6. The Morgan fingerprint density at radius 1 is 1.15 bits per heavy atom. The molecule has 0 spiro atoms. The van der Waals surface area contributed by atoms with Gasteiger partial charge in [-0.25, -0.2) is 4.98 Å². The van der Waals surface area contributed by atoms with E-state index in [1.165, 1.54) is 0 Å².